The van der Waals surface area contributed by atoms with Crippen LogP contribution >= 0.6 is 0 Å². The van der Waals surface area contributed by atoms with Gasteiger partial charge in [-0.15, -0.1) is 5.10 Å². The SMILES string of the molecule is CS(=O)(=O)c1cccc(-c2cc(N)nc(N)c2)c1-c1nnn[nH]1. The molecule has 0 unspecified atom stereocenters. The van der Waals surface area contributed by atoms with E-state index in [0.717, 1.165) is 6.26 Å². The Morgan fingerprint density at radius 1 is 1.13 bits per heavy atom. The van der Waals surface area contributed by atoms with Crippen LogP contribution < -0.4 is 11.5 Å². The number of rotatable bonds is 3. The van der Waals surface area contributed by atoms with Gasteiger partial charge in [-0.05, 0) is 39.8 Å². The van der Waals surface area contributed by atoms with E-state index in [2.05, 4.69) is 25.6 Å². The molecule has 0 aliphatic heterocycles. The minimum Gasteiger partial charge on any atom is -0.384 e. The summed E-state index contributed by atoms with van der Waals surface area (Å²) >= 11 is 0. The zero-order valence-electron chi connectivity index (χ0n) is 12.1. The topological polar surface area (TPSA) is 154 Å². The van der Waals surface area contributed by atoms with Crippen LogP contribution in [0.1, 0.15) is 0 Å². The molecule has 0 amide bonds. The van der Waals surface area contributed by atoms with E-state index in [0.29, 0.717) is 16.7 Å². The molecule has 0 radical (unpaired) electrons. The molecule has 9 nitrogen and oxygen atoms in total. The third-order valence-electron chi connectivity index (χ3n) is 3.18. The van der Waals surface area contributed by atoms with Crippen molar-refractivity contribution >= 4 is 21.5 Å². The molecular formula is C13H13N7O2S. The van der Waals surface area contributed by atoms with Crippen molar-refractivity contribution in [2.45, 2.75) is 4.90 Å². The highest BCUT2D eigenvalue weighted by Gasteiger charge is 2.21. The normalized spacial score (nSPS) is 11.5. The number of hydrogen-bond acceptors (Lipinski definition) is 8. The number of H-pyrrole nitrogens is 1. The maximum atomic E-state index is 12.1. The number of benzene rings is 1. The van der Waals surface area contributed by atoms with Crippen LogP contribution in [0.3, 0.4) is 0 Å². The summed E-state index contributed by atoms with van der Waals surface area (Å²) in [6, 6.07) is 8.06. The van der Waals surface area contributed by atoms with E-state index in [-0.39, 0.29) is 22.4 Å². The van der Waals surface area contributed by atoms with Gasteiger partial charge in [-0.1, -0.05) is 12.1 Å². The van der Waals surface area contributed by atoms with Gasteiger partial charge >= 0.3 is 0 Å². The molecule has 2 aromatic heterocycles. The Kier molecular flexibility index (Phi) is 3.45. The molecule has 0 atom stereocenters. The molecule has 23 heavy (non-hydrogen) atoms. The molecule has 0 saturated heterocycles. The fourth-order valence-corrected chi connectivity index (χ4v) is 3.22. The van der Waals surface area contributed by atoms with E-state index in [1.54, 1.807) is 24.3 Å². The fourth-order valence-electron chi connectivity index (χ4n) is 2.32. The summed E-state index contributed by atoms with van der Waals surface area (Å²) in [5, 5.41) is 13.5. The monoisotopic (exact) mass is 331 g/mol. The Morgan fingerprint density at radius 3 is 2.39 bits per heavy atom. The van der Waals surface area contributed by atoms with E-state index in [9.17, 15) is 8.42 Å². The molecule has 0 fully saturated rings. The minimum absolute atomic E-state index is 0.0995. The molecule has 3 aromatic rings. The fraction of sp³-hybridized carbons (Fsp3) is 0.0769. The van der Waals surface area contributed by atoms with Gasteiger partial charge in [0.1, 0.15) is 11.6 Å². The first-order valence-electron chi connectivity index (χ1n) is 6.47. The molecule has 118 valence electrons. The van der Waals surface area contributed by atoms with Gasteiger partial charge < -0.3 is 11.5 Å². The number of aromatic amines is 1. The molecule has 0 aliphatic rings. The summed E-state index contributed by atoms with van der Waals surface area (Å²) < 4.78 is 24.2. The van der Waals surface area contributed by atoms with Crippen molar-refractivity contribution < 1.29 is 8.42 Å². The maximum absolute atomic E-state index is 12.1. The van der Waals surface area contributed by atoms with Crippen molar-refractivity contribution in [1.29, 1.82) is 0 Å². The van der Waals surface area contributed by atoms with Gasteiger partial charge in [-0.25, -0.2) is 18.5 Å². The number of pyridine rings is 1. The molecule has 1 aromatic carbocycles. The van der Waals surface area contributed by atoms with Gasteiger partial charge in [0.2, 0.25) is 0 Å². The highest BCUT2D eigenvalue weighted by Crippen LogP contribution is 2.36. The lowest BCUT2D eigenvalue weighted by molar-refractivity contribution is 0.602. The summed E-state index contributed by atoms with van der Waals surface area (Å²) in [4.78, 5) is 4.01. The largest absolute Gasteiger partial charge is 0.384 e. The van der Waals surface area contributed by atoms with Crippen LogP contribution in [-0.2, 0) is 9.84 Å². The lowest BCUT2D eigenvalue weighted by atomic mass is 9.99. The Hall–Kier alpha value is -3.01. The highest BCUT2D eigenvalue weighted by molar-refractivity contribution is 7.90. The van der Waals surface area contributed by atoms with Crippen molar-refractivity contribution in [2.24, 2.45) is 0 Å². The van der Waals surface area contributed by atoms with Crippen LogP contribution in [0.15, 0.2) is 35.2 Å². The molecule has 5 N–H and O–H groups in total. The van der Waals surface area contributed by atoms with E-state index in [4.69, 9.17) is 11.5 Å². The van der Waals surface area contributed by atoms with E-state index >= 15 is 0 Å². The summed E-state index contributed by atoms with van der Waals surface area (Å²) in [5.41, 5.74) is 13.0. The van der Waals surface area contributed by atoms with Crippen molar-refractivity contribution in [3.05, 3.63) is 30.3 Å². The molecule has 2 heterocycles. The van der Waals surface area contributed by atoms with Crippen molar-refractivity contribution in [2.75, 3.05) is 17.7 Å². The van der Waals surface area contributed by atoms with Crippen molar-refractivity contribution in [1.82, 2.24) is 25.6 Å². The second-order valence-corrected chi connectivity index (χ2v) is 6.89. The smallest absolute Gasteiger partial charge is 0.181 e. The van der Waals surface area contributed by atoms with Crippen LogP contribution in [0.25, 0.3) is 22.5 Å². The number of nitrogens with two attached hydrogens (primary N) is 2. The summed E-state index contributed by atoms with van der Waals surface area (Å²) in [6.07, 6.45) is 1.12. The average molecular weight is 331 g/mol. The zero-order chi connectivity index (χ0) is 16.6. The van der Waals surface area contributed by atoms with Gasteiger partial charge in [-0.3, -0.25) is 0 Å². The quantitative estimate of drug-likeness (QED) is 0.626. The number of anilines is 2. The first-order valence-corrected chi connectivity index (χ1v) is 8.36. The highest BCUT2D eigenvalue weighted by atomic mass is 32.2. The molecule has 0 spiro atoms. The maximum Gasteiger partial charge on any atom is 0.181 e. The lowest BCUT2D eigenvalue weighted by Gasteiger charge is -2.12. The predicted octanol–water partition coefficient (Wildman–Crippen LogP) is 0.497. The number of sulfone groups is 1. The van der Waals surface area contributed by atoms with Gasteiger partial charge in [0.25, 0.3) is 0 Å². The first kappa shape index (κ1) is 14.9. The zero-order valence-corrected chi connectivity index (χ0v) is 12.9. The number of nitrogens with zero attached hydrogens (tertiary/aromatic N) is 4. The Bertz CT molecular complexity index is 948. The van der Waals surface area contributed by atoms with Crippen molar-refractivity contribution in [3.8, 4) is 22.5 Å². The molecule has 0 aliphatic carbocycles. The summed E-state index contributed by atoms with van der Waals surface area (Å²) in [7, 11) is -3.50. The number of tetrazole rings is 1. The van der Waals surface area contributed by atoms with E-state index < -0.39 is 9.84 Å². The van der Waals surface area contributed by atoms with Crippen LogP contribution in [-0.4, -0.2) is 40.3 Å². The standard InChI is InChI=1S/C13H13N7O2S/c1-23(21,22)9-4-2-3-8(12(9)13-17-19-20-18-13)7-5-10(14)16-11(15)6-7/h2-6H,1H3,(H4,14,15,16)(H,17,18,19,20). The number of nitrogen functional groups attached to an aromatic ring is 2. The van der Waals surface area contributed by atoms with Gasteiger partial charge in [-0.2, -0.15) is 0 Å². The van der Waals surface area contributed by atoms with Crippen LogP contribution in [0, 0.1) is 0 Å². The van der Waals surface area contributed by atoms with Crippen LogP contribution in [0.4, 0.5) is 11.6 Å². The molecule has 3 rings (SSSR count). The second kappa shape index (κ2) is 5.32. The molecular weight excluding hydrogens is 318 g/mol. The number of aromatic nitrogens is 5. The third kappa shape index (κ3) is 2.83. The van der Waals surface area contributed by atoms with E-state index in [1.165, 1.54) is 6.07 Å². The van der Waals surface area contributed by atoms with Gasteiger partial charge in [0.05, 0.1) is 4.90 Å². The number of hydrogen-bond donors (Lipinski definition) is 3. The molecule has 0 saturated carbocycles. The third-order valence-corrected chi connectivity index (χ3v) is 4.32. The average Bonchev–Trinajstić information content (AvgIpc) is 2.98. The van der Waals surface area contributed by atoms with Gasteiger partial charge in [0, 0.05) is 11.8 Å². The Morgan fingerprint density at radius 2 is 1.83 bits per heavy atom. The predicted molar refractivity (Wildman–Crippen MR) is 84.8 cm³/mol. The lowest BCUT2D eigenvalue weighted by Crippen LogP contribution is -2.03. The minimum atomic E-state index is -3.50. The molecule has 0 bridgehead atoms. The Balaban J connectivity index is 2.38. The summed E-state index contributed by atoms with van der Waals surface area (Å²) in [5.74, 6) is 0.688. The number of nitrogens with one attached hydrogen (secondary N) is 1. The summed E-state index contributed by atoms with van der Waals surface area (Å²) in [6.45, 7) is 0. The second-order valence-electron chi connectivity index (χ2n) is 4.91. The van der Waals surface area contributed by atoms with Crippen molar-refractivity contribution in [3.63, 3.8) is 0 Å². The van der Waals surface area contributed by atoms with Crippen LogP contribution in [0.2, 0.25) is 0 Å². The molecule has 10 heteroatoms. The first-order chi connectivity index (χ1) is 10.9. The van der Waals surface area contributed by atoms with E-state index in [1.807, 2.05) is 0 Å². The van der Waals surface area contributed by atoms with Crippen LogP contribution in [0.5, 0.6) is 0 Å². The van der Waals surface area contributed by atoms with Gasteiger partial charge in [0.15, 0.2) is 15.7 Å². The Labute approximate surface area is 131 Å².